The molecule has 0 unspecified atom stereocenters. The molecule has 0 saturated carbocycles. The highest BCUT2D eigenvalue weighted by atomic mass is 32.2. The minimum absolute atomic E-state index is 0.194. The lowest BCUT2D eigenvalue weighted by Gasteiger charge is -2.15. The molecule has 1 aliphatic heterocycles. The second kappa shape index (κ2) is 2.71. The van der Waals surface area contributed by atoms with Crippen LogP contribution >= 0.6 is 11.8 Å². The summed E-state index contributed by atoms with van der Waals surface area (Å²) in [4.78, 5) is 3.52. The molecule has 10 heavy (non-hydrogen) atoms. The molecule has 0 aromatic heterocycles. The Balaban J connectivity index is 2.31. The van der Waals surface area contributed by atoms with Crippen molar-refractivity contribution in [3.63, 3.8) is 0 Å². The predicted molar refractivity (Wildman–Crippen MR) is 30.6 cm³/mol. The van der Waals surface area contributed by atoms with Crippen LogP contribution in [0.5, 0.6) is 0 Å². The van der Waals surface area contributed by atoms with Gasteiger partial charge in [-0.2, -0.15) is 4.84 Å². The van der Waals surface area contributed by atoms with Crippen molar-refractivity contribution < 1.29 is 18.0 Å². The van der Waals surface area contributed by atoms with Gasteiger partial charge in [0.25, 0.3) is 0 Å². The molecular formula is C4H4F3NOS. The van der Waals surface area contributed by atoms with Gasteiger partial charge >= 0.3 is 6.36 Å². The van der Waals surface area contributed by atoms with E-state index in [1.54, 1.807) is 0 Å². The van der Waals surface area contributed by atoms with E-state index in [1.165, 1.54) is 23.4 Å². The molecule has 0 aliphatic carbocycles. The number of alkyl halides is 3. The topological polar surface area (TPSA) is 12.5 Å². The fourth-order valence-electron chi connectivity index (χ4n) is 0.460. The summed E-state index contributed by atoms with van der Waals surface area (Å²) in [6.07, 6.45) is -3.34. The molecule has 0 atom stereocenters. The molecular weight excluding hydrogens is 167 g/mol. The summed E-state index contributed by atoms with van der Waals surface area (Å²) < 4.78 is 34.2. The number of hydrogen-bond acceptors (Lipinski definition) is 3. The van der Waals surface area contributed by atoms with Crippen molar-refractivity contribution in [2.75, 3.05) is 5.88 Å². The maximum atomic E-state index is 11.4. The number of halogens is 3. The van der Waals surface area contributed by atoms with Gasteiger partial charge in [-0.25, -0.2) is 5.06 Å². The maximum absolute atomic E-state index is 11.4. The molecule has 0 radical (unpaired) electrons. The smallest absolute Gasteiger partial charge is 0.242 e. The van der Waals surface area contributed by atoms with Crippen molar-refractivity contribution in [1.82, 2.24) is 5.06 Å². The standard InChI is InChI=1S/C4H4F3NOS/c5-4(6,7)9-8-1-2-10-3-8/h1-2H,3H2. The summed E-state index contributed by atoms with van der Waals surface area (Å²) in [5, 5.41) is 2.26. The lowest BCUT2D eigenvalue weighted by Crippen LogP contribution is -2.25. The first kappa shape index (κ1) is 7.74. The molecule has 6 heteroatoms. The van der Waals surface area contributed by atoms with Gasteiger partial charge in [-0.15, -0.1) is 24.9 Å². The van der Waals surface area contributed by atoms with E-state index in [0.717, 1.165) is 5.06 Å². The molecule has 0 bridgehead atoms. The summed E-state index contributed by atoms with van der Waals surface area (Å²) in [6.45, 7) is 0. The molecule has 1 rings (SSSR count). The molecule has 0 fully saturated rings. The van der Waals surface area contributed by atoms with Crippen LogP contribution in [0.2, 0.25) is 0 Å². The summed E-state index contributed by atoms with van der Waals surface area (Å²) in [5.74, 6) is 0.194. The van der Waals surface area contributed by atoms with Crippen LogP contribution in [0, 0.1) is 0 Å². The second-order valence-corrected chi connectivity index (χ2v) is 2.40. The first-order valence-corrected chi connectivity index (χ1v) is 3.43. The van der Waals surface area contributed by atoms with Crippen LogP contribution in [0.1, 0.15) is 0 Å². The van der Waals surface area contributed by atoms with E-state index < -0.39 is 6.36 Å². The van der Waals surface area contributed by atoms with Gasteiger partial charge in [0.2, 0.25) is 0 Å². The quantitative estimate of drug-likeness (QED) is 0.598. The largest absolute Gasteiger partial charge is 0.544 e. The van der Waals surface area contributed by atoms with Crippen molar-refractivity contribution >= 4 is 11.8 Å². The lowest BCUT2D eigenvalue weighted by atomic mass is 11.0. The molecule has 1 heterocycles. The van der Waals surface area contributed by atoms with Crippen molar-refractivity contribution in [3.05, 3.63) is 11.6 Å². The molecule has 0 saturated heterocycles. The van der Waals surface area contributed by atoms with Gasteiger partial charge < -0.3 is 0 Å². The van der Waals surface area contributed by atoms with Gasteiger partial charge in [0.05, 0.1) is 5.88 Å². The van der Waals surface area contributed by atoms with Gasteiger partial charge in [0.15, 0.2) is 0 Å². The number of nitrogens with zero attached hydrogens (tertiary/aromatic N) is 1. The van der Waals surface area contributed by atoms with Gasteiger partial charge in [-0.3, -0.25) is 0 Å². The molecule has 58 valence electrons. The predicted octanol–water partition coefficient (Wildman–Crippen LogP) is 1.92. The number of hydrogen-bond donors (Lipinski definition) is 0. The average Bonchev–Trinajstić information content (AvgIpc) is 2.12. The van der Waals surface area contributed by atoms with E-state index in [1.807, 2.05) is 0 Å². The Morgan fingerprint density at radius 2 is 2.20 bits per heavy atom. The zero-order valence-corrected chi connectivity index (χ0v) is 5.58. The first-order valence-electron chi connectivity index (χ1n) is 2.39. The monoisotopic (exact) mass is 171 g/mol. The highest BCUT2D eigenvalue weighted by Crippen LogP contribution is 2.23. The van der Waals surface area contributed by atoms with E-state index in [-0.39, 0.29) is 5.88 Å². The molecule has 1 aliphatic rings. The molecule has 0 aromatic carbocycles. The van der Waals surface area contributed by atoms with Crippen LogP contribution < -0.4 is 0 Å². The van der Waals surface area contributed by atoms with E-state index in [0.29, 0.717) is 0 Å². The van der Waals surface area contributed by atoms with Gasteiger partial charge in [-0.1, -0.05) is 0 Å². The Hall–Kier alpha value is -0.360. The zero-order valence-electron chi connectivity index (χ0n) is 4.76. The van der Waals surface area contributed by atoms with E-state index >= 15 is 0 Å². The minimum Gasteiger partial charge on any atom is -0.242 e. The van der Waals surface area contributed by atoms with Crippen molar-refractivity contribution in [3.8, 4) is 0 Å². The van der Waals surface area contributed by atoms with Crippen LogP contribution in [0.25, 0.3) is 0 Å². The number of thioether (sulfide) groups is 1. The number of rotatable bonds is 1. The summed E-state index contributed by atoms with van der Waals surface area (Å²) in [6, 6.07) is 0. The van der Waals surface area contributed by atoms with Crippen LogP contribution in [0.3, 0.4) is 0 Å². The van der Waals surface area contributed by atoms with Crippen molar-refractivity contribution in [1.29, 1.82) is 0 Å². The summed E-state index contributed by atoms with van der Waals surface area (Å²) in [7, 11) is 0. The van der Waals surface area contributed by atoms with Crippen LogP contribution in [0.4, 0.5) is 13.2 Å². The molecule has 0 N–H and O–H groups in total. The van der Waals surface area contributed by atoms with E-state index in [9.17, 15) is 13.2 Å². The van der Waals surface area contributed by atoms with Gasteiger partial charge in [-0.05, 0) is 5.41 Å². The summed E-state index contributed by atoms with van der Waals surface area (Å²) >= 11 is 1.24. The fourth-order valence-corrected chi connectivity index (χ4v) is 1.05. The van der Waals surface area contributed by atoms with Crippen LogP contribution in [-0.2, 0) is 4.84 Å². The third kappa shape index (κ3) is 2.49. The van der Waals surface area contributed by atoms with E-state index in [4.69, 9.17) is 0 Å². The normalized spacial score (nSPS) is 18.5. The highest BCUT2D eigenvalue weighted by molar-refractivity contribution is 8.02. The van der Waals surface area contributed by atoms with Crippen molar-refractivity contribution in [2.24, 2.45) is 0 Å². The maximum Gasteiger partial charge on any atom is 0.544 e. The van der Waals surface area contributed by atoms with Crippen LogP contribution in [-0.4, -0.2) is 17.3 Å². The number of hydroxylamine groups is 2. The third-order valence-corrected chi connectivity index (χ3v) is 1.46. The second-order valence-electron chi connectivity index (χ2n) is 1.54. The minimum atomic E-state index is -4.57. The highest BCUT2D eigenvalue weighted by Gasteiger charge is 2.33. The Morgan fingerprint density at radius 1 is 1.50 bits per heavy atom. The van der Waals surface area contributed by atoms with Gasteiger partial charge in [0.1, 0.15) is 0 Å². The van der Waals surface area contributed by atoms with E-state index in [2.05, 4.69) is 4.84 Å². The van der Waals surface area contributed by atoms with Crippen molar-refractivity contribution in [2.45, 2.75) is 6.36 Å². The molecule has 0 amide bonds. The first-order chi connectivity index (χ1) is 4.58. The third-order valence-electron chi connectivity index (χ3n) is 0.746. The molecule has 0 spiro atoms. The Bertz CT molecular complexity index is 146. The molecule has 0 aromatic rings. The lowest BCUT2D eigenvalue weighted by molar-refractivity contribution is -0.398. The van der Waals surface area contributed by atoms with Gasteiger partial charge in [0, 0.05) is 6.20 Å². The molecule has 2 nitrogen and oxygen atoms in total. The summed E-state index contributed by atoms with van der Waals surface area (Å²) in [5.41, 5.74) is 0. The SMILES string of the molecule is FC(F)(F)ON1C=CSC1. The Labute approximate surface area is 59.6 Å². The van der Waals surface area contributed by atoms with Crippen LogP contribution in [0.15, 0.2) is 11.6 Å². The average molecular weight is 171 g/mol. The Kier molecular flexibility index (Phi) is 2.10. The Morgan fingerprint density at radius 3 is 2.60 bits per heavy atom. The zero-order chi connectivity index (χ0) is 7.61. The fraction of sp³-hybridized carbons (Fsp3) is 0.500.